The number of pyridine rings is 9. The maximum absolute atomic E-state index is 12.8. The number of nitrogens with two attached hydrogens (primary N) is 1. The Kier molecular flexibility index (Phi) is 35.5. The molecule has 0 saturated carbocycles. The number of aromatic amines is 1. The van der Waals surface area contributed by atoms with E-state index < -0.39 is 33.6 Å². The summed E-state index contributed by atoms with van der Waals surface area (Å²) < 4.78 is 35.1. The summed E-state index contributed by atoms with van der Waals surface area (Å²) in [6.45, 7) is 36.0. The van der Waals surface area contributed by atoms with Crippen LogP contribution in [0.3, 0.4) is 0 Å². The molecule has 20 rings (SSSR count). The SMILES string of the molecule is CC(=O)CC(=O)CCl.CC(=O)Cc1cn2ccc(C)cc2n1.CC(C)(C)OC(=O)N1CCN(c2ccc(C=O)c(=O)[nH]2)CC1.Cc1ccn2cc(-c3cc4ccc(N5CCN(C(=O)OC(C)(C)C)CC5)nc4oc3=O)nc2c1.Cc1ccn2cc(-c3cc4ccc(N5CCN(C)CC5)nc4oc3=O)nc2c1.Cc1ccn2cc(-c3cc4ccc(N5CCNCC5)nc4oc3=O)nc2c1.Cc1ccnc(N)c1.Cl.Cl. The summed E-state index contributed by atoms with van der Waals surface area (Å²) in [7, 11) is 2.12. The molecule has 20 heterocycles. The average Bonchev–Trinajstić information content (AvgIpc) is 1.61. The molecule has 0 bridgehead atoms. The summed E-state index contributed by atoms with van der Waals surface area (Å²) in [5.41, 5.74) is 16.5. The van der Waals surface area contributed by atoms with E-state index in [-0.39, 0.29) is 77.9 Å². The van der Waals surface area contributed by atoms with E-state index >= 15 is 0 Å². The van der Waals surface area contributed by atoms with E-state index in [2.05, 4.69) is 76.8 Å². The van der Waals surface area contributed by atoms with Gasteiger partial charge in [0.15, 0.2) is 12.1 Å². The predicted molar refractivity (Wildman–Crippen MR) is 558 cm³/mol. The van der Waals surface area contributed by atoms with Gasteiger partial charge in [-0.25, -0.2) is 48.9 Å². The van der Waals surface area contributed by atoms with Crippen molar-refractivity contribution >= 4 is 157 Å². The molecule has 0 aliphatic carbocycles. The summed E-state index contributed by atoms with van der Waals surface area (Å²) in [5.74, 6) is 3.38. The van der Waals surface area contributed by atoms with Crippen molar-refractivity contribution in [3.63, 3.8) is 0 Å². The number of nitrogens with one attached hydrogen (secondary N) is 2. The number of hydrogen-bond acceptors (Lipinski definition) is 30. The number of aryl methyl sites for hydroxylation is 5. The number of H-pyrrole nitrogens is 1. The Morgan fingerprint density at radius 2 is 0.818 bits per heavy atom. The number of ether oxygens (including phenoxy) is 2. The van der Waals surface area contributed by atoms with E-state index in [1.165, 1.54) is 18.6 Å². The molecule has 16 aromatic heterocycles. The monoisotopic (exact) mass is 2010 g/mol. The molecular weight excluding hydrogens is 1890 g/mol. The number of fused-ring (bicyclic) bond motifs is 7. The van der Waals surface area contributed by atoms with Gasteiger partial charge in [0, 0.05) is 183 Å². The van der Waals surface area contributed by atoms with Gasteiger partial charge in [0.05, 0.1) is 57.3 Å². The highest BCUT2D eigenvalue weighted by molar-refractivity contribution is 6.29. The Labute approximate surface area is 840 Å². The lowest BCUT2D eigenvalue weighted by molar-refractivity contribution is -0.124. The van der Waals surface area contributed by atoms with Crippen LogP contribution in [0.1, 0.15) is 106 Å². The van der Waals surface area contributed by atoms with Gasteiger partial charge in [-0.1, -0.05) is 0 Å². The minimum Gasteiger partial charge on any atom is -0.444 e. The number of carbonyl (C=O) groups excluding carboxylic acids is 6. The number of ketones is 3. The number of carbonyl (C=O) groups is 6. The lowest BCUT2D eigenvalue weighted by atomic mass is 10.2. The summed E-state index contributed by atoms with van der Waals surface area (Å²) in [6, 6.07) is 40.0. The van der Waals surface area contributed by atoms with Crippen LogP contribution in [-0.2, 0) is 30.3 Å². The highest BCUT2D eigenvalue weighted by atomic mass is 35.5. The van der Waals surface area contributed by atoms with Crippen molar-refractivity contribution in [3.05, 3.63) is 264 Å². The summed E-state index contributed by atoms with van der Waals surface area (Å²) in [6.07, 6.45) is 17.2. The molecule has 37 nitrogen and oxygen atoms in total. The zero-order valence-corrected chi connectivity index (χ0v) is 84.6. The number of likely N-dealkylation sites (N-methyl/N-ethyl adjacent to an activating group) is 1. The molecule has 40 heteroatoms. The van der Waals surface area contributed by atoms with Crippen molar-refractivity contribution in [2.45, 2.75) is 114 Å². The number of halogens is 3. The minimum atomic E-state index is -0.521. The van der Waals surface area contributed by atoms with Crippen LogP contribution >= 0.6 is 36.4 Å². The molecule has 4 fully saturated rings. The van der Waals surface area contributed by atoms with Crippen LogP contribution in [0.5, 0.6) is 0 Å². The molecule has 143 heavy (non-hydrogen) atoms. The molecule has 0 atom stereocenters. The molecule has 4 aliphatic heterocycles. The van der Waals surface area contributed by atoms with E-state index in [0.717, 1.165) is 131 Å². The van der Waals surface area contributed by atoms with Crippen molar-refractivity contribution in [1.82, 2.24) is 82.5 Å². The molecule has 0 aromatic carbocycles. The number of Topliss-reactive ketones (excluding diaryl/α,β-unsaturated/α-hetero) is 3. The van der Waals surface area contributed by atoms with Crippen LogP contribution in [0.25, 0.3) is 89.7 Å². The zero-order chi connectivity index (χ0) is 101. The lowest BCUT2D eigenvalue weighted by Gasteiger charge is -2.36. The standard InChI is InChI=1S/C25H27N5O4.C21H21N5O2.C20H19N5O2.C15H21N3O4.C11H12N2O.C6H8N2.C5H7ClO2.2ClH/c1-16-7-8-30-15-19(26-21(30)13-16)18-14-17-5-6-20(27-22(17)33-23(18)31)28-9-11-29(12-10-28)24(32)34-25(2,3)4;1-14-5-6-26-13-17(22-19(26)11-14)16-12-15-3-4-18(23-20(15)28-21(16)27)25-9-7-24(2)8-10-25;1-13-4-7-25-12-16(22-18(25)10-13)15-11-14-2-3-17(23-19(14)27-20(15)26)24-8-5-21-6-9-24;1-15(2,3)22-14(21)18-8-6-17(7-9-18)12-5-4-11(10-19)13(20)16-12;1-8-3-4-13-7-10(6-9(2)14)12-11(13)5-8;1-5-2-3-8-6(7)4-5;1-4(7)2-5(8)3-6;;/h5-8,13-15H,9-12H2,1-4H3;3-6,11-13H,7-10H2,1-2H3;2-4,7,10-12,21H,5-6,8-9H2,1H3;4-5,10H,6-9H2,1-3H3,(H,16,20);3-5,7H,6H2,1-2H3;2-4H,1H3,(H2,7,8);2-3H2,1H3;2*1H. The summed E-state index contributed by atoms with van der Waals surface area (Å²) in [5, 5.41) is 5.62. The van der Waals surface area contributed by atoms with E-state index in [1.54, 1.807) is 35.1 Å². The number of piperazine rings is 4. The van der Waals surface area contributed by atoms with E-state index in [0.29, 0.717) is 128 Å². The number of nitrogen functional groups attached to an aromatic ring is 1. The topological polar surface area (TPSA) is 426 Å². The minimum absolute atomic E-state index is 0. The highest BCUT2D eigenvalue weighted by Gasteiger charge is 2.30. The van der Waals surface area contributed by atoms with Crippen LogP contribution in [0.2, 0.25) is 0 Å². The zero-order valence-electron chi connectivity index (χ0n) is 82.2. The van der Waals surface area contributed by atoms with Crippen LogP contribution in [0, 0.1) is 34.6 Å². The van der Waals surface area contributed by atoms with Gasteiger partial charge in [0.2, 0.25) is 17.1 Å². The molecule has 4 N–H and O–H groups in total. The maximum atomic E-state index is 12.8. The molecule has 2 amide bonds. The van der Waals surface area contributed by atoms with Gasteiger partial charge in [-0.2, -0.15) is 15.0 Å². The van der Waals surface area contributed by atoms with Crippen LogP contribution in [0.4, 0.5) is 38.7 Å². The molecule has 0 radical (unpaired) electrons. The van der Waals surface area contributed by atoms with Gasteiger partial charge in [0.25, 0.3) is 5.56 Å². The lowest BCUT2D eigenvalue weighted by Crippen LogP contribution is -2.50. The molecule has 4 aliphatic rings. The van der Waals surface area contributed by atoms with Gasteiger partial charge < -0.3 is 90.7 Å². The molecule has 0 unspecified atom stereocenters. The normalized spacial score (nSPS) is 13.8. The van der Waals surface area contributed by atoms with Crippen molar-refractivity contribution in [1.29, 1.82) is 0 Å². The third-order valence-electron chi connectivity index (χ3n) is 22.9. The van der Waals surface area contributed by atoms with Gasteiger partial charge in [0.1, 0.15) is 74.4 Å². The highest BCUT2D eigenvalue weighted by Crippen LogP contribution is 2.30. The number of aromatic nitrogens is 13. The number of anilines is 5. The van der Waals surface area contributed by atoms with Crippen LogP contribution in [-0.4, -0.2) is 242 Å². The Balaban J connectivity index is 0.000000155. The number of rotatable bonds is 13. The van der Waals surface area contributed by atoms with E-state index in [9.17, 15) is 47.9 Å². The quantitative estimate of drug-likeness (QED) is 0.0548. The fraction of sp³-hybridized carbons (Fsp3) is 0.340. The second-order valence-corrected chi connectivity index (χ2v) is 37.2. The number of nitrogens with zero attached hydrogens (tertiary/aromatic N) is 19. The Morgan fingerprint density at radius 3 is 1.16 bits per heavy atom. The third-order valence-corrected chi connectivity index (χ3v) is 23.2. The van der Waals surface area contributed by atoms with Crippen molar-refractivity contribution < 1.29 is 51.5 Å². The van der Waals surface area contributed by atoms with E-state index in [1.807, 2.05) is 257 Å². The first kappa shape index (κ1) is 107. The fourth-order valence-electron chi connectivity index (χ4n) is 15.6. The van der Waals surface area contributed by atoms with Gasteiger partial charge in [-0.05, 0) is 252 Å². The number of imidazole rings is 4. The summed E-state index contributed by atoms with van der Waals surface area (Å²) >= 11 is 5.09. The molecular formula is C103H117Cl3N22O15. The number of hydrogen-bond donors (Lipinski definition) is 3. The predicted octanol–water partition coefficient (Wildman–Crippen LogP) is 14.3. The smallest absolute Gasteiger partial charge is 0.410 e. The van der Waals surface area contributed by atoms with Crippen molar-refractivity contribution in [2.75, 3.05) is 143 Å². The first-order valence-corrected chi connectivity index (χ1v) is 46.8. The Morgan fingerprint density at radius 1 is 0.448 bits per heavy atom. The number of amides is 2. The second-order valence-electron chi connectivity index (χ2n) is 36.9. The molecule has 16 aromatic rings. The van der Waals surface area contributed by atoms with Crippen LogP contribution in [0.15, 0.2) is 216 Å². The fourth-order valence-corrected chi connectivity index (χ4v) is 15.7. The molecule has 750 valence electrons. The van der Waals surface area contributed by atoms with Crippen molar-refractivity contribution in [3.8, 4) is 33.8 Å². The number of alkyl halides is 1. The van der Waals surface area contributed by atoms with Crippen LogP contribution < -0.4 is 53.1 Å². The average molecular weight is 2010 g/mol. The largest absolute Gasteiger partial charge is 0.444 e. The Hall–Kier alpha value is -15.1. The molecule has 4 saturated heterocycles. The number of aldehydes is 1. The second kappa shape index (κ2) is 47.5. The van der Waals surface area contributed by atoms with Crippen molar-refractivity contribution in [2.24, 2.45) is 0 Å². The van der Waals surface area contributed by atoms with Gasteiger partial charge in [-0.3, -0.25) is 24.0 Å². The first-order valence-electron chi connectivity index (χ1n) is 46.2. The van der Waals surface area contributed by atoms with Gasteiger partial charge >= 0.3 is 29.1 Å². The first-order chi connectivity index (χ1) is 67.3. The third kappa shape index (κ3) is 28.7. The molecule has 0 spiro atoms. The summed E-state index contributed by atoms with van der Waals surface area (Å²) in [4.78, 5) is 168. The Bertz CT molecular complexity index is 7520. The van der Waals surface area contributed by atoms with Gasteiger partial charge in [-0.15, -0.1) is 36.4 Å². The van der Waals surface area contributed by atoms with E-state index in [4.69, 9.17) is 40.1 Å². The maximum Gasteiger partial charge on any atom is 0.410 e.